The zero-order valence-electron chi connectivity index (χ0n) is 26.1. The van der Waals surface area contributed by atoms with Crippen LogP contribution < -0.4 is 0 Å². The first-order chi connectivity index (χ1) is 21.0. The molecule has 0 radical (unpaired) electrons. The Bertz CT molecular complexity index is 1830. The number of esters is 1. The zero-order chi connectivity index (χ0) is 31.2. The van der Waals surface area contributed by atoms with Gasteiger partial charge in [-0.1, -0.05) is 23.7 Å². The molecule has 0 N–H and O–H groups in total. The van der Waals surface area contributed by atoms with Crippen molar-refractivity contribution in [3.63, 3.8) is 0 Å². The number of halogens is 1. The highest BCUT2D eigenvalue weighted by atomic mass is 35.5. The van der Waals surface area contributed by atoms with Crippen LogP contribution in [0.15, 0.2) is 48.5 Å². The van der Waals surface area contributed by atoms with Gasteiger partial charge in [0, 0.05) is 53.3 Å². The Morgan fingerprint density at radius 2 is 1.82 bits per heavy atom. The van der Waals surface area contributed by atoms with Crippen molar-refractivity contribution in [1.82, 2.24) is 14.8 Å². The van der Waals surface area contributed by atoms with Gasteiger partial charge in [0.15, 0.2) is 6.10 Å². The third-order valence-corrected chi connectivity index (χ3v) is 9.42. The van der Waals surface area contributed by atoms with E-state index in [1.54, 1.807) is 11.3 Å². The number of hydrogen-bond acceptors (Lipinski definition) is 7. The van der Waals surface area contributed by atoms with Gasteiger partial charge in [-0.2, -0.15) is 5.10 Å². The molecule has 0 saturated carbocycles. The number of fused-ring (bicyclic) bond motifs is 2. The van der Waals surface area contributed by atoms with Crippen molar-refractivity contribution in [3.05, 3.63) is 70.4 Å². The summed E-state index contributed by atoms with van der Waals surface area (Å²) < 4.78 is 20.6. The Kier molecular flexibility index (Phi) is 8.54. The molecule has 0 aliphatic carbocycles. The first kappa shape index (κ1) is 30.7. The maximum Gasteiger partial charge on any atom is 0.339 e. The van der Waals surface area contributed by atoms with E-state index >= 15 is 0 Å². The fourth-order valence-electron chi connectivity index (χ4n) is 6.07. The number of carbonyl (C=O) groups excluding carboxylic acids is 1. The lowest BCUT2D eigenvalue weighted by Gasteiger charge is -2.29. The Morgan fingerprint density at radius 1 is 1.11 bits per heavy atom. The molecule has 6 rings (SSSR count). The molecule has 7 nitrogen and oxygen atoms in total. The molecule has 1 fully saturated rings. The van der Waals surface area contributed by atoms with Crippen LogP contribution in [0.5, 0.6) is 0 Å². The quantitative estimate of drug-likeness (QED) is 0.167. The largest absolute Gasteiger partial charge is 0.464 e. The fourth-order valence-corrected chi connectivity index (χ4v) is 7.32. The van der Waals surface area contributed by atoms with Gasteiger partial charge in [0.05, 0.1) is 33.6 Å². The van der Waals surface area contributed by atoms with Crippen LogP contribution in [0.25, 0.3) is 42.8 Å². The predicted molar refractivity (Wildman–Crippen MR) is 178 cm³/mol. The second-order valence-corrected chi connectivity index (χ2v) is 13.8. The Morgan fingerprint density at radius 3 is 2.50 bits per heavy atom. The number of ether oxygens (including phenoxy) is 3. The first-order valence-corrected chi connectivity index (χ1v) is 16.3. The molecule has 0 amide bonds. The number of carbonyl (C=O) groups is 1. The topological polar surface area (TPSA) is 75.5 Å². The molecular weight excluding hydrogens is 594 g/mol. The first-order valence-electron chi connectivity index (χ1n) is 15.1. The molecule has 1 aliphatic rings. The number of aromatic nitrogens is 3. The summed E-state index contributed by atoms with van der Waals surface area (Å²) >= 11 is 7.93. The molecule has 1 atom stereocenters. The van der Waals surface area contributed by atoms with E-state index < -0.39 is 17.7 Å². The molecule has 1 aliphatic heterocycles. The molecule has 5 aromatic rings. The van der Waals surface area contributed by atoms with Gasteiger partial charge in [-0.15, -0.1) is 11.3 Å². The molecule has 230 valence electrons. The lowest BCUT2D eigenvalue weighted by atomic mass is 9.91. The van der Waals surface area contributed by atoms with Crippen molar-refractivity contribution in [3.8, 4) is 21.7 Å². The van der Waals surface area contributed by atoms with E-state index in [9.17, 15) is 4.79 Å². The van der Waals surface area contributed by atoms with Crippen LogP contribution >= 0.6 is 22.9 Å². The van der Waals surface area contributed by atoms with E-state index in [-0.39, 0.29) is 6.61 Å². The van der Waals surface area contributed by atoms with Gasteiger partial charge < -0.3 is 14.2 Å². The number of nitrogens with zero attached hydrogens (tertiary/aromatic N) is 3. The lowest BCUT2D eigenvalue weighted by molar-refractivity contribution is -0.166. The molecular formula is C35H38ClN3O4S. The van der Waals surface area contributed by atoms with E-state index in [1.165, 1.54) is 0 Å². The van der Waals surface area contributed by atoms with Gasteiger partial charge in [-0.05, 0) is 95.0 Å². The zero-order valence-corrected chi connectivity index (χ0v) is 27.6. The van der Waals surface area contributed by atoms with Crippen LogP contribution in [-0.4, -0.2) is 46.2 Å². The SMILES string of the molecule is CCOC(=O)[C@@H](OC(C)(C)C)c1c(C)cc2nc(-c3ccc4c(c3)c(C3CCOCC3)nn4C)sc2c1-c1ccc(Cl)cc1. The van der Waals surface area contributed by atoms with E-state index in [1.807, 2.05) is 70.6 Å². The summed E-state index contributed by atoms with van der Waals surface area (Å²) in [5.74, 6) is -0.0325. The lowest BCUT2D eigenvalue weighted by Crippen LogP contribution is -2.29. The Hall–Kier alpha value is -3.30. The minimum Gasteiger partial charge on any atom is -0.464 e. The van der Waals surface area contributed by atoms with Crippen molar-refractivity contribution < 1.29 is 19.0 Å². The van der Waals surface area contributed by atoms with Gasteiger partial charge in [0.25, 0.3) is 0 Å². The molecule has 1 saturated heterocycles. The summed E-state index contributed by atoms with van der Waals surface area (Å²) in [6.07, 6.45) is 1.04. The van der Waals surface area contributed by atoms with Crippen LogP contribution in [0.1, 0.15) is 69.4 Å². The van der Waals surface area contributed by atoms with Crippen LogP contribution in [-0.2, 0) is 26.1 Å². The molecule has 3 heterocycles. The molecule has 0 bridgehead atoms. The summed E-state index contributed by atoms with van der Waals surface area (Å²) in [7, 11) is 2.00. The number of aryl methyl sites for hydroxylation is 2. The molecule has 9 heteroatoms. The predicted octanol–water partition coefficient (Wildman–Crippen LogP) is 8.79. The Labute approximate surface area is 267 Å². The average Bonchev–Trinajstić information content (AvgIpc) is 3.56. The Balaban J connectivity index is 1.55. The second kappa shape index (κ2) is 12.2. The minimum absolute atomic E-state index is 0.262. The van der Waals surface area contributed by atoms with E-state index in [0.29, 0.717) is 10.9 Å². The minimum atomic E-state index is -0.913. The molecule has 3 aromatic carbocycles. The van der Waals surface area contributed by atoms with Gasteiger partial charge >= 0.3 is 5.97 Å². The number of hydrogen-bond donors (Lipinski definition) is 0. The van der Waals surface area contributed by atoms with E-state index in [2.05, 4.69) is 24.3 Å². The van der Waals surface area contributed by atoms with Crippen molar-refractivity contribution in [2.24, 2.45) is 7.05 Å². The third-order valence-electron chi connectivity index (χ3n) is 8.03. The monoisotopic (exact) mass is 631 g/mol. The number of rotatable bonds is 7. The van der Waals surface area contributed by atoms with Gasteiger partial charge in [0.1, 0.15) is 5.01 Å². The molecule has 0 unspecified atom stereocenters. The van der Waals surface area contributed by atoms with Gasteiger partial charge in [-0.25, -0.2) is 9.78 Å². The summed E-state index contributed by atoms with van der Waals surface area (Å²) in [4.78, 5) is 18.6. The van der Waals surface area contributed by atoms with Gasteiger partial charge in [0.2, 0.25) is 0 Å². The highest BCUT2D eigenvalue weighted by molar-refractivity contribution is 7.22. The molecule has 0 spiro atoms. The standard InChI is InChI=1S/C35H38ClN3O4S/c1-7-42-34(40)31(43-35(3,4)5)28-20(2)18-26-32(29(28)21-8-11-24(36)12-9-21)44-33(37-26)23-10-13-27-25(19-23)30(38-39(27)6)22-14-16-41-17-15-22/h8-13,18-19,22,31H,7,14-17H2,1-6H3/t31-/m0/s1. The smallest absolute Gasteiger partial charge is 0.339 e. The highest BCUT2D eigenvalue weighted by Crippen LogP contribution is 2.45. The summed E-state index contributed by atoms with van der Waals surface area (Å²) in [6.45, 7) is 11.5. The van der Waals surface area contributed by atoms with Crippen LogP contribution in [0.2, 0.25) is 5.02 Å². The van der Waals surface area contributed by atoms with Crippen LogP contribution in [0, 0.1) is 6.92 Å². The van der Waals surface area contributed by atoms with E-state index in [0.717, 1.165) is 85.7 Å². The maximum atomic E-state index is 13.5. The van der Waals surface area contributed by atoms with Crippen LogP contribution in [0.4, 0.5) is 0 Å². The van der Waals surface area contributed by atoms with Gasteiger partial charge in [-0.3, -0.25) is 4.68 Å². The van der Waals surface area contributed by atoms with Crippen molar-refractivity contribution in [2.45, 2.75) is 65.1 Å². The second-order valence-electron chi connectivity index (χ2n) is 12.3. The van der Waals surface area contributed by atoms with Crippen molar-refractivity contribution >= 4 is 50.0 Å². The summed E-state index contributed by atoms with van der Waals surface area (Å²) in [5, 5.41) is 7.63. The summed E-state index contributed by atoms with van der Waals surface area (Å²) in [6, 6.07) is 16.3. The average molecular weight is 632 g/mol. The highest BCUT2D eigenvalue weighted by Gasteiger charge is 2.33. The van der Waals surface area contributed by atoms with Crippen molar-refractivity contribution in [1.29, 1.82) is 0 Å². The normalized spacial score (nSPS) is 15.2. The third kappa shape index (κ3) is 6.01. The maximum absolute atomic E-state index is 13.5. The van der Waals surface area contributed by atoms with Crippen LogP contribution in [0.3, 0.4) is 0 Å². The van der Waals surface area contributed by atoms with Crippen molar-refractivity contribution in [2.75, 3.05) is 19.8 Å². The molecule has 44 heavy (non-hydrogen) atoms. The fraction of sp³-hybridized carbons (Fsp3) is 0.400. The number of thiazole rings is 1. The molecule has 2 aromatic heterocycles. The summed E-state index contributed by atoms with van der Waals surface area (Å²) in [5.41, 5.74) is 7.09. The van der Waals surface area contributed by atoms with E-state index in [4.69, 9.17) is 35.9 Å². The number of benzene rings is 3.